The van der Waals surface area contributed by atoms with E-state index in [0.29, 0.717) is 18.0 Å². The summed E-state index contributed by atoms with van der Waals surface area (Å²) in [4.78, 5) is 15.3. The van der Waals surface area contributed by atoms with Crippen LogP contribution in [0.5, 0.6) is 0 Å². The number of thiazole rings is 1. The first-order valence-corrected chi connectivity index (χ1v) is 6.32. The van der Waals surface area contributed by atoms with E-state index in [4.69, 9.17) is 16.7 Å². The highest BCUT2D eigenvalue weighted by Gasteiger charge is 2.11. The number of nitrogens with zero attached hydrogens (tertiary/aromatic N) is 2. The van der Waals surface area contributed by atoms with E-state index in [9.17, 15) is 4.79 Å². The zero-order valence-corrected chi connectivity index (χ0v) is 10.8. The van der Waals surface area contributed by atoms with Gasteiger partial charge in [-0.2, -0.15) is 0 Å². The predicted molar refractivity (Wildman–Crippen MR) is 67.0 cm³/mol. The van der Waals surface area contributed by atoms with Gasteiger partial charge >= 0.3 is 5.97 Å². The van der Waals surface area contributed by atoms with E-state index in [0.717, 1.165) is 10.7 Å². The van der Waals surface area contributed by atoms with Crippen LogP contribution in [0.15, 0.2) is 17.6 Å². The molecule has 2 aromatic heterocycles. The van der Waals surface area contributed by atoms with Gasteiger partial charge in [0.15, 0.2) is 0 Å². The average molecular weight is 271 g/mol. The Morgan fingerprint density at radius 1 is 1.65 bits per heavy atom. The molecule has 4 nitrogen and oxygen atoms in total. The molecule has 0 aliphatic carbocycles. The van der Waals surface area contributed by atoms with Crippen molar-refractivity contribution in [2.24, 2.45) is 0 Å². The summed E-state index contributed by atoms with van der Waals surface area (Å²) in [5.74, 6) is -0.966. The first-order valence-electron chi connectivity index (χ1n) is 5.06. The van der Waals surface area contributed by atoms with Crippen molar-refractivity contribution in [3.63, 3.8) is 0 Å². The maximum Gasteiger partial charge on any atom is 0.352 e. The average Bonchev–Trinajstić information content (AvgIpc) is 2.82. The normalized spacial score (nSPS) is 10.7. The minimum absolute atomic E-state index is 0.211. The standard InChI is InChI=1S/C11H11ClN2O2S/c1-7-6-17-10(13-7)2-3-14-5-8(12)4-9(14)11(15)16/h4-6H,2-3H2,1H3,(H,15,16). The Morgan fingerprint density at radius 3 is 3.00 bits per heavy atom. The quantitative estimate of drug-likeness (QED) is 0.929. The molecule has 0 radical (unpaired) electrons. The number of carboxylic acids is 1. The SMILES string of the molecule is Cc1csc(CCn2cc(Cl)cc2C(=O)O)n1. The predicted octanol–water partition coefficient (Wildman–Crippen LogP) is 2.85. The molecular formula is C11H11ClN2O2S. The first-order chi connectivity index (χ1) is 8.06. The number of rotatable bonds is 4. The van der Waals surface area contributed by atoms with E-state index in [1.165, 1.54) is 6.07 Å². The van der Waals surface area contributed by atoms with Gasteiger partial charge in [0.2, 0.25) is 0 Å². The number of halogens is 1. The Balaban J connectivity index is 2.11. The van der Waals surface area contributed by atoms with Gasteiger partial charge in [-0.1, -0.05) is 11.6 Å². The third-order valence-electron chi connectivity index (χ3n) is 2.32. The van der Waals surface area contributed by atoms with E-state index >= 15 is 0 Å². The molecule has 1 N–H and O–H groups in total. The van der Waals surface area contributed by atoms with Crippen LogP contribution in [0.1, 0.15) is 21.2 Å². The molecule has 0 spiro atoms. The lowest BCUT2D eigenvalue weighted by Crippen LogP contribution is -2.09. The van der Waals surface area contributed by atoms with Crippen molar-refractivity contribution in [2.75, 3.05) is 0 Å². The van der Waals surface area contributed by atoms with Crippen LogP contribution in [0, 0.1) is 6.92 Å². The molecule has 90 valence electrons. The smallest absolute Gasteiger partial charge is 0.352 e. The van der Waals surface area contributed by atoms with Gasteiger partial charge in [-0.3, -0.25) is 0 Å². The largest absolute Gasteiger partial charge is 0.477 e. The molecule has 0 amide bonds. The Labute approximate surface area is 107 Å². The van der Waals surface area contributed by atoms with Crippen molar-refractivity contribution in [3.05, 3.63) is 39.1 Å². The Kier molecular flexibility index (Phi) is 3.49. The van der Waals surface area contributed by atoms with E-state index in [2.05, 4.69) is 4.98 Å². The molecule has 0 saturated carbocycles. The number of aryl methyl sites for hydroxylation is 3. The van der Waals surface area contributed by atoms with E-state index in [-0.39, 0.29) is 5.69 Å². The lowest BCUT2D eigenvalue weighted by Gasteiger charge is -2.03. The fourth-order valence-electron chi connectivity index (χ4n) is 1.57. The summed E-state index contributed by atoms with van der Waals surface area (Å²) >= 11 is 7.38. The van der Waals surface area contributed by atoms with Gasteiger partial charge in [0.1, 0.15) is 5.69 Å². The van der Waals surface area contributed by atoms with Crippen molar-refractivity contribution < 1.29 is 9.90 Å². The topological polar surface area (TPSA) is 55.1 Å². The van der Waals surface area contributed by atoms with Gasteiger partial charge in [0.25, 0.3) is 0 Å². The second kappa shape index (κ2) is 4.89. The van der Waals surface area contributed by atoms with Crippen LogP contribution < -0.4 is 0 Å². The molecule has 2 aromatic rings. The molecular weight excluding hydrogens is 260 g/mol. The van der Waals surface area contributed by atoms with E-state index in [1.54, 1.807) is 22.1 Å². The molecule has 17 heavy (non-hydrogen) atoms. The van der Waals surface area contributed by atoms with Crippen LogP contribution in [0.3, 0.4) is 0 Å². The zero-order valence-electron chi connectivity index (χ0n) is 9.18. The van der Waals surface area contributed by atoms with Crippen molar-refractivity contribution in [1.29, 1.82) is 0 Å². The Hall–Kier alpha value is -1.33. The lowest BCUT2D eigenvalue weighted by atomic mass is 10.4. The van der Waals surface area contributed by atoms with Crippen LogP contribution in [0.25, 0.3) is 0 Å². The molecule has 0 bridgehead atoms. The van der Waals surface area contributed by atoms with Gasteiger partial charge in [-0.25, -0.2) is 9.78 Å². The molecule has 0 aromatic carbocycles. The van der Waals surface area contributed by atoms with Gasteiger partial charge in [0.05, 0.1) is 10.0 Å². The maximum absolute atomic E-state index is 11.0. The number of aromatic nitrogens is 2. The van der Waals surface area contributed by atoms with Gasteiger partial charge in [-0.05, 0) is 13.0 Å². The van der Waals surface area contributed by atoms with Crippen molar-refractivity contribution >= 4 is 28.9 Å². The molecule has 2 heterocycles. The van der Waals surface area contributed by atoms with Crippen LogP contribution in [0.4, 0.5) is 0 Å². The summed E-state index contributed by atoms with van der Waals surface area (Å²) in [6.45, 7) is 2.51. The summed E-state index contributed by atoms with van der Waals surface area (Å²) in [6, 6.07) is 1.46. The number of carboxylic acid groups (broad SMARTS) is 1. The monoisotopic (exact) mass is 270 g/mol. The highest BCUT2D eigenvalue weighted by molar-refractivity contribution is 7.09. The summed E-state index contributed by atoms with van der Waals surface area (Å²) in [5.41, 5.74) is 1.21. The van der Waals surface area contributed by atoms with Crippen LogP contribution in [0.2, 0.25) is 5.02 Å². The third-order valence-corrected chi connectivity index (χ3v) is 3.55. The molecule has 0 unspecified atom stereocenters. The highest BCUT2D eigenvalue weighted by Crippen LogP contribution is 2.16. The molecule has 0 atom stereocenters. The van der Waals surface area contributed by atoms with Crippen LogP contribution in [-0.2, 0) is 13.0 Å². The van der Waals surface area contributed by atoms with Crippen LogP contribution >= 0.6 is 22.9 Å². The van der Waals surface area contributed by atoms with Gasteiger partial charge in [-0.15, -0.1) is 11.3 Å². The Bertz CT molecular complexity index is 547. The highest BCUT2D eigenvalue weighted by atomic mass is 35.5. The van der Waals surface area contributed by atoms with Gasteiger partial charge in [0, 0.05) is 30.2 Å². The second-order valence-electron chi connectivity index (χ2n) is 3.67. The molecule has 6 heteroatoms. The summed E-state index contributed by atoms with van der Waals surface area (Å²) in [6.07, 6.45) is 2.34. The first kappa shape index (κ1) is 12.1. The fraction of sp³-hybridized carbons (Fsp3) is 0.273. The van der Waals surface area contributed by atoms with Crippen molar-refractivity contribution in [2.45, 2.75) is 19.9 Å². The molecule has 0 saturated heterocycles. The van der Waals surface area contributed by atoms with E-state index < -0.39 is 5.97 Å². The second-order valence-corrected chi connectivity index (χ2v) is 5.05. The molecule has 0 fully saturated rings. The summed E-state index contributed by atoms with van der Waals surface area (Å²) in [7, 11) is 0. The summed E-state index contributed by atoms with van der Waals surface area (Å²) < 4.78 is 1.64. The lowest BCUT2D eigenvalue weighted by molar-refractivity contribution is 0.0685. The Morgan fingerprint density at radius 2 is 2.41 bits per heavy atom. The number of hydrogen-bond donors (Lipinski definition) is 1. The van der Waals surface area contributed by atoms with Crippen molar-refractivity contribution in [1.82, 2.24) is 9.55 Å². The number of aromatic carboxylic acids is 1. The van der Waals surface area contributed by atoms with Crippen molar-refractivity contribution in [3.8, 4) is 0 Å². The van der Waals surface area contributed by atoms with E-state index in [1.807, 2.05) is 12.3 Å². The fourth-order valence-corrected chi connectivity index (χ4v) is 2.56. The van der Waals surface area contributed by atoms with Crippen LogP contribution in [-0.4, -0.2) is 20.6 Å². The third kappa shape index (κ3) is 2.87. The van der Waals surface area contributed by atoms with Gasteiger partial charge < -0.3 is 9.67 Å². The maximum atomic E-state index is 11.0. The number of carbonyl (C=O) groups is 1. The molecule has 2 rings (SSSR count). The minimum atomic E-state index is -0.966. The molecule has 0 aliphatic heterocycles. The molecule has 0 aliphatic rings. The minimum Gasteiger partial charge on any atom is -0.477 e. The summed E-state index contributed by atoms with van der Waals surface area (Å²) in [5, 5.41) is 12.4. The number of hydrogen-bond acceptors (Lipinski definition) is 3. The zero-order chi connectivity index (χ0) is 12.4.